The number of carbonyl (C=O) groups is 1. The first-order valence-electron chi connectivity index (χ1n) is 10.9. The number of benzene rings is 2. The monoisotopic (exact) mass is 460 g/mol. The molecule has 0 aromatic heterocycles. The van der Waals surface area contributed by atoms with E-state index in [0.29, 0.717) is 17.9 Å². The van der Waals surface area contributed by atoms with Crippen molar-refractivity contribution >= 4 is 21.6 Å². The predicted molar refractivity (Wildman–Crippen MR) is 126 cm³/mol. The van der Waals surface area contributed by atoms with Gasteiger partial charge in [0.15, 0.2) is 6.10 Å². The zero-order chi connectivity index (χ0) is 23.5. The third-order valence-corrected chi connectivity index (χ3v) is 7.39. The molecule has 0 saturated heterocycles. The summed E-state index contributed by atoms with van der Waals surface area (Å²) >= 11 is 0. The fraction of sp³-hybridized carbons (Fsp3) is 0.458. The third-order valence-electron chi connectivity index (χ3n) is 6.18. The van der Waals surface area contributed by atoms with E-state index in [1.54, 1.807) is 31.2 Å². The number of carbonyl (C=O) groups excluding carboxylic acids is 1. The molecule has 1 amide bonds. The average molecular weight is 461 g/mol. The van der Waals surface area contributed by atoms with Gasteiger partial charge in [-0.05, 0) is 50.1 Å². The number of hydrogen-bond acceptors (Lipinski definition) is 5. The van der Waals surface area contributed by atoms with Crippen molar-refractivity contribution in [2.24, 2.45) is 0 Å². The van der Waals surface area contributed by atoms with Gasteiger partial charge in [-0.25, -0.2) is 8.42 Å². The van der Waals surface area contributed by atoms with E-state index >= 15 is 0 Å². The van der Waals surface area contributed by atoms with Crippen LogP contribution in [0.4, 0.5) is 5.69 Å². The van der Waals surface area contributed by atoms with E-state index in [9.17, 15) is 13.2 Å². The van der Waals surface area contributed by atoms with Crippen molar-refractivity contribution in [2.75, 3.05) is 17.6 Å². The molecule has 1 heterocycles. The van der Waals surface area contributed by atoms with Gasteiger partial charge >= 0.3 is 0 Å². The van der Waals surface area contributed by atoms with Gasteiger partial charge in [0.25, 0.3) is 5.91 Å². The Labute approximate surface area is 190 Å². The summed E-state index contributed by atoms with van der Waals surface area (Å²) in [7, 11) is -1.86. The Balaban J connectivity index is 1.70. The minimum Gasteiger partial charge on any atom is -0.487 e. The highest BCUT2D eigenvalue weighted by molar-refractivity contribution is 7.92. The van der Waals surface area contributed by atoms with Gasteiger partial charge < -0.3 is 14.8 Å². The number of amides is 1. The fourth-order valence-electron chi connectivity index (χ4n) is 3.90. The Bertz CT molecular complexity index is 1050. The van der Waals surface area contributed by atoms with Gasteiger partial charge in [-0.3, -0.25) is 9.10 Å². The molecule has 2 unspecified atom stereocenters. The van der Waals surface area contributed by atoms with Crippen LogP contribution in [0.3, 0.4) is 0 Å². The van der Waals surface area contributed by atoms with E-state index in [2.05, 4.69) is 19.2 Å². The van der Waals surface area contributed by atoms with Crippen molar-refractivity contribution in [3.63, 3.8) is 0 Å². The summed E-state index contributed by atoms with van der Waals surface area (Å²) in [4.78, 5) is 13.0. The predicted octanol–water partition coefficient (Wildman–Crippen LogP) is 4.05. The first-order valence-corrected chi connectivity index (χ1v) is 12.7. The van der Waals surface area contributed by atoms with Gasteiger partial charge in [0.05, 0.1) is 18.0 Å². The first-order chi connectivity index (χ1) is 15.1. The Morgan fingerprint density at radius 2 is 1.81 bits per heavy atom. The number of nitrogens with one attached hydrogen (secondary N) is 1. The van der Waals surface area contributed by atoms with Crippen LogP contribution in [-0.4, -0.2) is 39.3 Å². The van der Waals surface area contributed by atoms with E-state index < -0.39 is 16.1 Å². The van der Waals surface area contributed by atoms with Gasteiger partial charge in [0, 0.05) is 19.0 Å². The van der Waals surface area contributed by atoms with Gasteiger partial charge in [-0.15, -0.1) is 0 Å². The highest BCUT2D eigenvalue weighted by Crippen LogP contribution is 2.42. The maximum absolute atomic E-state index is 13.0. The molecule has 174 valence electrons. The van der Waals surface area contributed by atoms with Crippen LogP contribution in [-0.2, 0) is 14.8 Å². The molecular formula is C24H32N2O5S. The number of ether oxygens (including phenoxy) is 2. The summed E-state index contributed by atoms with van der Waals surface area (Å²) in [6.45, 7) is 5.91. The molecule has 3 rings (SSSR count). The second kappa shape index (κ2) is 9.40. The van der Waals surface area contributed by atoms with Crippen LogP contribution >= 0.6 is 0 Å². The quantitative estimate of drug-likeness (QED) is 0.642. The number of sulfonamides is 1. The summed E-state index contributed by atoms with van der Waals surface area (Å²) in [5.74, 6) is 1.08. The molecule has 0 aliphatic carbocycles. The van der Waals surface area contributed by atoms with Gasteiger partial charge in [-0.1, -0.05) is 32.0 Å². The molecular weight excluding hydrogens is 428 g/mol. The normalized spacial score (nSPS) is 18.1. The Morgan fingerprint density at radius 3 is 2.41 bits per heavy atom. The largest absolute Gasteiger partial charge is 0.487 e. The Hall–Kier alpha value is -2.74. The number of para-hydroxylation sites is 1. The van der Waals surface area contributed by atoms with Crippen LogP contribution in [0.25, 0.3) is 0 Å². The third kappa shape index (κ3) is 5.18. The lowest BCUT2D eigenvalue weighted by atomic mass is 9.83. The van der Waals surface area contributed by atoms with E-state index in [-0.39, 0.29) is 17.6 Å². The molecule has 2 aromatic carbocycles. The molecule has 8 heteroatoms. The second-order valence-corrected chi connectivity index (χ2v) is 10.3. The van der Waals surface area contributed by atoms with E-state index in [1.807, 2.05) is 24.3 Å². The molecule has 0 bridgehead atoms. The van der Waals surface area contributed by atoms with Crippen LogP contribution in [0.5, 0.6) is 11.5 Å². The number of anilines is 1. The average Bonchev–Trinajstić information content (AvgIpc) is 2.78. The summed E-state index contributed by atoms with van der Waals surface area (Å²) < 4.78 is 36.7. The van der Waals surface area contributed by atoms with Crippen LogP contribution in [0.1, 0.15) is 51.6 Å². The maximum Gasteiger partial charge on any atom is 0.261 e. The lowest BCUT2D eigenvalue weighted by Crippen LogP contribution is -2.46. The van der Waals surface area contributed by atoms with Gasteiger partial charge in [0.2, 0.25) is 10.0 Å². The van der Waals surface area contributed by atoms with E-state index in [0.717, 1.165) is 30.4 Å². The fourth-order valence-corrected chi connectivity index (χ4v) is 4.41. The highest BCUT2D eigenvalue weighted by Gasteiger charge is 2.39. The lowest BCUT2D eigenvalue weighted by Gasteiger charge is -2.41. The number of hydrogen-bond donors (Lipinski definition) is 1. The van der Waals surface area contributed by atoms with Crippen molar-refractivity contribution in [3.8, 4) is 11.5 Å². The lowest BCUT2D eigenvalue weighted by molar-refractivity contribution is -0.128. The number of fused-ring (bicyclic) bond motifs is 1. The summed E-state index contributed by atoms with van der Waals surface area (Å²) in [6.07, 6.45) is 2.82. The number of nitrogens with zero attached hydrogens (tertiary/aromatic N) is 1. The van der Waals surface area contributed by atoms with Crippen molar-refractivity contribution in [3.05, 3.63) is 54.1 Å². The smallest absolute Gasteiger partial charge is 0.261 e. The molecule has 2 atom stereocenters. The summed E-state index contributed by atoms with van der Waals surface area (Å²) in [5, 5.41) is 3.14. The molecule has 0 saturated carbocycles. The first kappa shape index (κ1) is 23.9. The second-order valence-electron chi connectivity index (χ2n) is 8.28. The van der Waals surface area contributed by atoms with Crippen LogP contribution in [0.2, 0.25) is 0 Å². The van der Waals surface area contributed by atoms with Crippen LogP contribution in [0, 0.1) is 0 Å². The molecule has 1 N–H and O–H groups in total. The van der Waals surface area contributed by atoms with Gasteiger partial charge in [-0.2, -0.15) is 0 Å². The molecule has 0 spiro atoms. The van der Waals surface area contributed by atoms with Crippen molar-refractivity contribution < 1.29 is 22.7 Å². The molecule has 2 aromatic rings. The molecule has 7 nitrogen and oxygen atoms in total. The minimum absolute atomic E-state index is 0.163. The summed E-state index contributed by atoms with van der Waals surface area (Å²) in [5.41, 5.74) is 1.18. The molecule has 32 heavy (non-hydrogen) atoms. The molecule has 1 aliphatic rings. The van der Waals surface area contributed by atoms with Crippen molar-refractivity contribution in [1.29, 1.82) is 0 Å². The zero-order valence-corrected chi connectivity index (χ0v) is 20.1. The zero-order valence-electron chi connectivity index (χ0n) is 19.3. The molecule has 1 aliphatic heterocycles. The van der Waals surface area contributed by atoms with Crippen LogP contribution < -0.4 is 19.1 Å². The molecule has 0 radical (unpaired) electrons. The minimum atomic E-state index is -3.34. The van der Waals surface area contributed by atoms with Gasteiger partial charge in [0.1, 0.15) is 17.1 Å². The standard InChI is InChI=1S/C24H32N2O5S/c1-6-24(7-2)16-21(20-10-8-9-11-22(20)31-24)25-23(27)17(3)30-19-14-12-18(13-15-19)26(4)32(5,28)29/h8-15,17,21H,6-7,16H2,1-5H3,(H,25,27). The van der Waals surface area contributed by atoms with Crippen molar-refractivity contribution in [2.45, 2.75) is 57.8 Å². The summed E-state index contributed by atoms with van der Waals surface area (Å²) in [6, 6.07) is 14.3. The van der Waals surface area contributed by atoms with Crippen LogP contribution in [0.15, 0.2) is 48.5 Å². The Kier molecular flexibility index (Phi) is 7.03. The number of rotatable bonds is 8. The van der Waals surface area contributed by atoms with E-state index in [4.69, 9.17) is 9.47 Å². The Morgan fingerprint density at radius 1 is 1.19 bits per heavy atom. The maximum atomic E-state index is 13.0. The van der Waals surface area contributed by atoms with Crippen molar-refractivity contribution in [1.82, 2.24) is 5.32 Å². The highest BCUT2D eigenvalue weighted by atomic mass is 32.2. The topological polar surface area (TPSA) is 84.9 Å². The molecule has 0 fully saturated rings. The SMILES string of the molecule is CCC1(CC)CC(NC(=O)C(C)Oc2ccc(N(C)S(C)(=O)=O)cc2)c2ccccc2O1. The van der Waals surface area contributed by atoms with E-state index in [1.165, 1.54) is 11.4 Å².